The Kier molecular flexibility index (Phi) is 10.2. The third-order valence-corrected chi connectivity index (χ3v) is 5.32. The van der Waals surface area contributed by atoms with Gasteiger partial charge in [-0.2, -0.15) is 0 Å². The zero-order valence-corrected chi connectivity index (χ0v) is 23.8. The van der Waals surface area contributed by atoms with Crippen LogP contribution in [0.4, 0.5) is 11.4 Å². The predicted molar refractivity (Wildman–Crippen MR) is 144 cm³/mol. The number of hydrogen-bond acceptors (Lipinski definition) is 3. The summed E-state index contributed by atoms with van der Waals surface area (Å²) in [6, 6.07) is 20.5. The number of nitrogens with zero attached hydrogens (tertiary/aromatic N) is 2. The number of aliphatic imine (C=N–C) groups is 2. The molecule has 0 aliphatic heterocycles. The van der Waals surface area contributed by atoms with Crippen LogP contribution < -0.4 is 0 Å². The average Bonchev–Trinajstić information content (AvgIpc) is 3.24. The zero-order chi connectivity index (χ0) is 25.5. The Bertz CT molecular complexity index is 1060. The van der Waals surface area contributed by atoms with Crippen LogP contribution in [0.5, 0.6) is 0 Å². The first-order valence-electron chi connectivity index (χ1n) is 11.1. The van der Waals surface area contributed by atoms with Crippen LogP contribution >= 0.6 is 20.2 Å². The van der Waals surface area contributed by atoms with Crippen LogP contribution in [-0.4, -0.2) is 11.4 Å². The molecule has 0 aliphatic rings. The van der Waals surface area contributed by atoms with Gasteiger partial charge in [-0.25, -0.2) is 9.98 Å². The summed E-state index contributed by atoms with van der Waals surface area (Å²) in [4.78, 5) is 9.76. The van der Waals surface area contributed by atoms with Gasteiger partial charge in [-0.3, -0.25) is 0 Å². The van der Waals surface area contributed by atoms with Gasteiger partial charge in [-0.05, 0) is 60.1 Å². The molecule has 2 aromatic carbocycles. The van der Waals surface area contributed by atoms with Crippen LogP contribution in [0.25, 0.3) is 0 Å². The monoisotopic (exact) mass is 540 g/mol. The van der Waals surface area contributed by atoms with E-state index in [4.69, 9.17) is 34.6 Å². The van der Waals surface area contributed by atoms with Crippen LogP contribution in [0.1, 0.15) is 78.0 Å². The van der Waals surface area contributed by atoms with Crippen molar-refractivity contribution in [3.63, 3.8) is 0 Å². The molecule has 1 aromatic heterocycles. The van der Waals surface area contributed by atoms with Gasteiger partial charge < -0.3 is 4.42 Å². The maximum absolute atomic E-state index is 6.14. The molecule has 3 nitrogen and oxygen atoms in total. The number of rotatable bonds is 4. The molecule has 34 heavy (non-hydrogen) atoms. The molecule has 6 heteroatoms. The summed E-state index contributed by atoms with van der Waals surface area (Å²) in [6.45, 7) is 17.2. The summed E-state index contributed by atoms with van der Waals surface area (Å²) in [6.07, 6.45) is 0. The van der Waals surface area contributed by atoms with Crippen LogP contribution in [0.15, 0.2) is 75.1 Å². The Morgan fingerprint density at radius 1 is 0.647 bits per heavy atom. The molecule has 1 heterocycles. The van der Waals surface area contributed by atoms with Crippen molar-refractivity contribution in [3.8, 4) is 0 Å². The van der Waals surface area contributed by atoms with Crippen molar-refractivity contribution in [3.05, 3.63) is 83.3 Å². The fraction of sp³-hybridized carbons (Fsp3) is 0.357. The summed E-state index contributed by atoms with van der Waals surface area (Å²) in [5, 5.41) is 0. The molecule has 0 saturated carbocycles. The molecule has 0 amide bonds. The number of benzene rings is 2. The second kappa shape index (κ2) is 12.2. The molecule has 0 bridgehead atoms. The van der Waals surface area contributed by atoms with Gasteiger partial charge in [0.2, 0.25) is 0 Å². The van der Waals surface area contributed by atoms with Gasteiger partial charge in [0, 0.05) is 0 Å². The molecule has 0 fully saturated rings. The van der Waals surface area contributed by atoms with E-state index in [1.807, 2.05) is 38.1 Å². The van der Waals surface area contributed by atoms with E-state index >= 15 is 0 Å². The minimum atomic E-state index is 0.0262. The van der Waals surface area contributed by atoms with Crippen LogP contribution in [0, 0.1) is 0 Å². The summed E-state index contributed by atoms with van der Waals surface area (Å²) >= 11 is 0.194. The molecule has 0 N–H and O–H groups in total. The molecule has 0 saturated heterocycles. The van der Waals surface area contributed by atoms with Crippen molar-refractivity contribution in [2.24, 2.45) is 9.98 Å². The third kappa shape index (κ3) is 7.85. The summed E-state index contributed by atoms with van der Waals surface area (Å²) in [5.74, 6) is 1.52. The normalized spacial score (nSPS) is 13.0. The van der Waals surface area contributed by atoms with E-state index in [9.17, 15) is 0 Å². The molecule has 0 spiro atoms. The van der Waals surface area contributed by atoms with Crippen molar-refractivity contribution >= 4 is 43.0 Å². The molecular weight excluding hydrogens is 507 g/mol. The van der Waals surface area contributed by atoms with E-state index in [1.165, 1.54) is 11.1 Å². The SMILES string of the molecule is CC(=Nc1ccccc1C(C)(C)C)c1ccc(C(C)=Nc2ccccc2C(C)(C)C)o1.[Cl][Fe][Cl]. The van der Waals surface area contributed by atoms with Gasteiger partial charge in [0.05, 0.1) is 22.8 Å². The first-order chi connectivity index (χ1) is 15.9. The topological polar surface area (TPSA) is 37.9 Å². The van der Waals surface area contributed by atoms with Crippen molar-refractivity contribution in [2.45, 2.75) is 66.2 Å². The van der Waals surface area contributed by atoms with E-state index in [2.05, 4.69) is 77.9 Å². The van der Waals surface area contributed by atoms with E-state index in [0.717, 1.165) is 34.3 Å². The maximum atomic E-state index is 6.14. The Hall–Kier alpha value is -1.84. The van der Waals surface area contributed by atoms with Crippen LogP contribution in [0.3, 0.4) is 0 Å². The fourth-order valence-corrected chi connectivity index (χ4v) is 3.61. The zero-order valence-electron chi connectivity index (χ0n) is 21.2. The Balaban J connectivity index is 0.00000129. The molecule has 184 valence electrons. The number of para-hydroxylation sites is 2. The van der Waals surface area contributed by atoms with Gasteiger partial charge in [-0.15, -0.1) is 0 Å². The number of furan rings is 1. The van der Waals surface area contributed by atoms with Gasteiger partial charge in [-0.1, -0.05) is 77.9 Å². The standard InChI is InChI=1S/C28H34N2O.2ClH.Fe/c1-19(29-23-15-11-9-13-21(23)27(3,4)5)25-17-18-26(31-25)20(2)30-24-16-12-10-14-22(24)28(6,7)8;;;/h9-18H,1-8H3;2*1H;/q;;;+2/p-2. The average molecular weight is 541 g/mol. The van der Waals surface area contributed by atoms with Gasteiger partial charge in [0.1, 0.15) is 11.5 Å². The quantitative estimate of drug-likeness (QED) is 0.240. The molecule has 3 rings (SSSR count). The van der Waals surface area contributed by atoms with Crippen LogP contribution in [0.2, 0.25) is 0 Å². The Morgan fingerprint density at radius 3 is 1.29 bits per heavy atom. The Morgan fingerprint density at radius 2 is 0.971 bits per heavy atom. The Labute approximate surface area is 219 Å². The first-order valence-corrected chi connectivity index (χ1v) is 14.2. The molecule has 0 unspecified atom stereocenters. The summed E-state index contributed by atoms with van der Waals surface area (Å²) in [7, 11) is 9.53. The first kappa shape index (κ1) is 28.4. The van der Waals surface area contributed by atoms with Crippen molar-refractivity contribution in [1.82, 2.24) is 0 Å². The van der Waals surface area contributed by atoms with E-state index < -0.39 is 0 Å². The van der Waals surface area contributed by atoms with Crippen molar-refractivity contribution in [2.75, 3.05) is 0 Å². The molecule has 0 aliphatic carbocycles. The van der Waals surface area contributed by atoms with Gasteiger partial charge >= 0.3 is 33.3 Å². The van der Waals surface area contributed by atoms with Gasteiger partial charge in [0.25, 0.3) is 0 Å². The second-order valence-corrected chi connectivity index (χ2v) is 12.0. The minimum absolute atomic E-state index is 0.0262. The second-order valence-electron chi connectivity index (χ2n) is 10.1. The van der Waals surface area contributed by atoms with E-state index in [0.29, 0.717) is 0 Å². The van der Waals surface area contributed by atoms with Gasteiger partial charge in [0.15, 0.2) is 0 Å². The summed E-state index contributed by atoms with van der Waals surface area (Å²) < 4.78 is 6.14. The number of hydrogen-bond donors (Lipinski definition) is 0. The van der Waals surface area contributed by atoms with E-state index in [-0.39, 0.29) is 24.0 Å². The van der Waals surface area contributed by atoms with Crippen molar-refractivity contribution < 1.29 is 17.6 Å². The van der Waals surface area contributed by atoms with E-state index in [1.54, 1.807) is 0 Å². The number of halogens is 2. The molecule has 3 aromatic rings. The fourth-order valence-electron chi connectivity index (χ4n) is 3.61. The molecule has 0 radical (unpaired) electrons. The third-order valence-electron chi connectivity index (χ3n) is 5.32. The molecular formula is C28H34Cl2FeN2O. The molecule has 0 atom stereocenters. The van der Waals surface area contributed by atoms with Crippen molar-refractivity contribution in [1.29, 1.82) is 0 Å². The predicted octanol–water partition coefficient (Wildman–Crippen LogP) is 9.53. The summed E-state index contributed by atoms with van der Waals surface area (Å²) in [5.41, 5.74) is 6.16. The van der Waals surface area contributed by atoms with Crippen LogP contribution in [-0.2, 0) is 24.0 Å².